The average Bonchev–Trinajstić information content (AvgIpc) is 3.10. The molecule has 1 aliphatic heterocycles. The molecule has 1 heterocycles. The molecule has 0 unspecified atom stereocenters. The smallest absolute Gasteiger partial charge is 0.261 e. The molecule has 0 radical (unpaired) electrons. The first-order valence-electron chi connectivity index (χ1n) is 8.50. The van der Waals surface area contributed by atoms with Gasteiger partial charge < -0.3 is 16.4 Å². The summed E-state index contributed by atoms with van der Waals surface area (Å²) in [4.78, 5) is 35.4. The molecule has 3 atom stereocenters. The molecule has 162 valence electrons. The molecule has 6 N–H and O–H groups in total. The first-order valence-corrected chi connectivity index (χ1v) is 9.94. The Morgan fingerprint density at radius 2 is 1.90 bits per heavy atom. The van der Waals surface area contributed by atoms with Crippen molar-refractivity contribution in [1.82, 2.24) is 20.4 Å². The monoisotopic (exact) mass is 449 g/mol. The topological polar surface area (TPSA) is 171 Å². The zero-order valence-corrected chi connectivity index (χ0v) is 17.2. The third-order valence-electron chi connectivity index (χ3n) is 4.22. The molecule has 1 aromatic rings. The van der Waals surface area contributed by atoms with Crippen LogP contribution in [0.3, 0.4) is 0 Å². The van der Waals surface area contributed by atoms with Gasteiger partial charge in [0.25, 0.3) is 5.91 Å². The molecule has 1 aliphatic rings. The molecule has 0 bridgehead atoms. The van der Waals surface area contributed by atoms with E-state index in [0.29, 0.717) is 0 Å². The number of hydrogen-bond acceptors (Lipinski definition) is 7. The fourth-order valence-corrected chi connectivity index (χ4v) is 4.49. The summed E-state index contributed by atoms with van der Waals surface area (Å²) in [5.41, 5.74) is 6.85. The SMILES string of the molecule is C[C@H](N)C(=O)NCC(=O)N[C@H]1C[C@@H](C(=O)NO)N(S(=O)(=O)c2ccccc2)C1.Cl. The molecule has 1 fully saturated rings. The minimum absolute atomic E-state index is 0. The van der Waals surface area contributed by atoms with Crippen molar-refractivity contribution in [3.63, 3.8) is 0 Å². The third-order valence-corrected chi connectivity index (χ3v) is 6.11. The lowest BCUT2D eigenvalue weighted by Gasteiger charge is -2.22. The molecule has 29 heavy (non-hydrogen) atoms. The standard InChI is InChI=1S/C16H23N5O6S.ClH/c1-10(17)15(23)18-8-14(22)19-11-7-13(16(24)20-25)21(9-11)28(26,27)12-5-3-2-4-6-12;/h2-6,10-11,13,25H,7-9,17H2,1H3,(H,18,23)(H,19,22)(H,20,24);1H/t10-,11-,13-;/m0./s1. The van der Waals surface area contributed by atoms with Gasteiger partial charge in [0.15, 0.2) is 0 Å². The van der Waals surface area contributed by atoms with E-state index in [2.05, 4.69) is 10.6 Å². The fraction of sp³-hybridized carbons (Fsp3) is 0.438. The summed E-state index contributed by atoms with van der Waals surface area (Å²) in [6, 6.07) is 4.87. The minimum atomic E-state index is -4.02. The van der Waals surface area contributed by atoms with Crippen LogP contribution < -0.4 is 21.8 Å². The molecule has 11 nitrogen and oxygen atoms in total. The Labute approximate surface area is 174 Å². The number of carbonyl (C=O) groups excluding carboxylic acids is 3. The Morgan fingerprint density at radius 1 is 1.28 bits per heavy atom. The summed E-state index contributed by atoms with van der Waals surface area (Å²) in [7, 11) is -4.02. The number of carbonyl (C=O) groups is 3. The summed E-state index contributed by atoms with van der Waals surface area (Å²) in [6.07, 6.45) is -0.0363. The lowest BCUT2D eigenvalue weighted by Crippen LogP contribution is -2.46. The van der Waals surface area contributed by atoms with Crippen molar-refractivity contribution in [1.29, 1.82) is 0 Å². The molecule has 0 saturated carbocycles. The van der Waals surface area contributed by atoms with E-state index in [9.17, 15) is 22.8 Å². The number of nitrogens with zero attached hydrogens (tertiary/aromatic N) is 1. The Morgan fingerprint density at radius 3 is 2.45 bits per heavy atom. The molecule has 0 aliphatic carbocycles. The van der Waals surface area contributed by atoms with Crippen LogP contribution in [0.15, 0.2) is 35.2 Å². The first-order chi connectivity index (χ1) is 13.2. The summed E-state index contributed by atoms with van der Waals surface area (Å²) in [5.74, 6) is -1.96. The van der Waals surface area contributed by atoms with E-state index in [1.165, 1.54) is 24.5 Å². The van der Waals surface area contributed by atoms with E-state index in [1.807, 2.05) is 0 Å². The maximum atomic E-state index is 12.9. The van der Waals surface area contributed by atoms with E-state index in [0.717, 1.165) is 4.31 Å². The molecular formula is C16H24ClN5O6S. The lowest BCUT2D eigenvalue weighted by molar-refractivity contribution is -0.132. The highest BCUT2D eigenvalue weighted by molar-refractivity contribution is 7.89. The van der Waals surface area contributed by atoms with E-state index in [-0.39, 0.29) is 36.8 Å². The molecule has 0 aromatic heterocycles. The molecule has 13 heteroatoms. The van der Waals surface area contributed by atoms with Crippen molar-refractivity contribution in [2.45, 2.75) is 36.4 Å². The van der Waals surface area contributed by atoms with Crippen molar-refractivity contribution in [3.05, 3.63) is 30.3 Å². The second kappa shape index (κ2) is 10.5. The van der Waals surface area contributed by atoms with Crippen molar-refractivity contribution >= 4 is 40.2 Å². The number of halogens is 1. The van der Waals surface area contributed by atoms with Crippen LogP contribution in [0, 0.1) is 0 Å². The predicted octanol–water partition coefficient (Wildman–Crippen LogP) is -1.67. The number of nitrogens with one attached hydrogen (secondary N) is 3. The summed E-state index contributed by atoms with van der Waals surface area (Å²) >= 11 is 0. The van der Waals surface area contributed by atoms with Gasteiger partial charge in [-0.05, 0) is 25.5 Å². The number of sulfonamides is 1. The van der Waals surface area contributed by atoms with E-state index in [1.54, 1.807) is 18.2 Å². The van der Waals surface area contributed by atoms with Crippen LogP contribution in [0.5, 0.6) is 0 Å². The molecule has 0 spiro atoms. The normalized spacial score (nSPS) is 20.2. The highest BCUT2D eigenvalue weighted by Crippen LogP contribution is 2.26. The maximum Gasteiger partial charge on any atom is 0.261 e. The van der Waals surface area contributed by atoms with Gasteiger partial charge in [-0.3, -0.25) is 19.6 Å². The van der Waals surface area contributed by atoms with Gasteiger partial charge in [-0.2, -0.15) is 4.31 Å². The number of benzene rings is 1. The summed E-state index contributed by atoms with van der Waals surface area (Å²) in [5, 5.41) is 13.9. The quantitative estimate of drug-likeness (QED) is 0.244. The highest BCUT2D eigenvalue weighted by atomic mass is 35.5. The van der Waals surface area contributed by atoms with Gasteiger partial charge in [-0.25, -0.2) is 13.9 Å². The van der Waals surface area contributed by atoms with E-state index >= 15 is 0 Å². The van der Waals surface area contributed by atoms with Gasteiger partial charge in [0, 0.05) is 12.6 Å². The fourth-order valence-electron chi connectivity index (χ4n) is 2.82. The van der Waals surface area contributed by atoms with Gasteiger partial charge in [0.05, 0.1) is 17.5 Å². The lowest BCUT2D eigenvalue weighted by atomic mass is 10.1. The first kappa shape index (κ1) is 24.8. The Hall–Kier alpha value is -2.25. The van der Waals surface area contributed by atoms with E-state index < -0.39 is 45.9 Å². The Kier molecular flexibility index (Phi) is 8.98. The summed E-state index contributed by atoms with van der Waals surface area (Å²) < 4.78 is 26.7. The van der Waals surface area contributed by atoms with Gasteiger partial charge in [0.2, 0.25) is 21.8 Å². The van der Waals surface area contributed by atoms with Crippen molar-refractivity contribution in [2.24, 2.45) is 5.73 Å². The molecule has 2 rings (SSSR count). The Bertz CT molecular complexity index is 835. The number of hydrogen-bond donors (Lipinski definition) is 5. The van der Waals surface area contributed by atoms with Crippen molar-refractivity contribution < 1.29 is 28.0 Å². The number of hydroxylamine groups is 1. The van der Waals surface area contributed by atoms with Crippen LogP contribution in [0.2, 0.25) is 0 Å². The minimum Gasteiger partial charge on any atom is -0.350 e. The van der Waals surface area contributed by atoms with Crippen LogP contribution in [0.25, 0.3) is 0 Å². The largest absolute Gasteiger partial charge is 0.350 e. The van der Waals surface area contributed by atoms with Gasteiger partial charge in [-0.15, -0.1) is 12.4 Å². The van der Waals surface area contributed by atoms with Crippen LogP contribution in [-0.4, -0.2) is 66.9 Å². The number of nitrogens with two attached hydrogens (primary N) is 1. The second-order valence-corrected chi connectivity index (χ2v) is 8.28. The van der Waals surface area contributed by atoms with Gasteiger partial charge >= 0.3 is 0 Å². The maximum absolute atomic E-state index is 12.9. The number of rotatable bonds is 7. The van der Waals surface area contributed by atoms with Crippen LogP contribution in [0.4, 0.5) is 0 Å². The molecule has 3 amide bonds. The zero-order valence-electron chi connectivity index (χ0n) is 15.6. The van der Waals surface area contributed by atoms with Gasteiger partial charge in [-0.1, -0.05) is 18.2 Å². The second-order valence-electron chi connectivity index (χ2n) is 6.39. The number of amides is 3. The average molecular weight is 450 g/mol. The van der Waals surface area contributed by atoms with Crippen molar-refractivity contribution in [2.75, 3.05) is 13.1 Å². The van der Waals surface area contributed by atoms with Crippen LogP contribution in [0.1, 0.15) is 13.3 Å². The third kappa shape index (κ3) is 6.11. The summed E-state index contributed by atoms with van der Waals surface area (Å²) in [6.45, 7) is 0.968. The molecule has 1 saturated heterocycles. The van der Waals surface area contributed by atoms with Crippen LogP contribution >= 0.6 is 12.4 Å². The van der Waals surface area contributed by atoms with Gasteiger partial charge in [0.1, 0.15) is 6.04 Å². The van der Waals surface area contributed by atoms with E-state index in [4.69, 9.17) is 10.9 Å². The zero-order chi connectivity index (χ0) is 20.9. The Balaban J connectivity index is 0.00000420. The molecule has 1 aromatic carbocycles. The molecular weight excluding hydrogens is 426 g/mol. The van der Waals surface area contributed by atoms with Crippen LogP contribution in [-0.2, 0) is 24.4 Å². The highest BCUT2D eigenvalue weighted by Gasteiger charge is 2.44. The van der Waals surface area contributed by atoms with Crippen molar-refractivity contribution in [3.8, 4) is 0 Å². The predicted molar refractivity (Wildman–Crippen MR) is 105 cm³/mol.